The van der Waals surface area contributed by atoms with Gasteiger partial charge in [0.2, 0.25) is 5.91 Å². The number of hydrogen-bond acceptors (Lipinski definition) is 4. The number of fused-ring (bicyclic) bond motifs is 1. The van der Waals surface area contributed by atoms with E-state index in [0.717, 1.165) is 21.9 Å². The molecule has 0 spiro atoms. The van der Waals surface area contributed by atoms with E-state index in [-0.39, 0.29) is 17.9 Å². The van der Waals surface area contributed by atoms with Crippen LogP contribution in [0.5, 0.6) is 0 Å². The third-order valence-corrected chi connectivity index (χ3v) is 5.33. The first-order valence-corrected chi connectivity index (χ1v) is 9.60. The van der Waals surface area contributed by atoms with E-state index in [1.165, 1.54) is 16.9 Å². The van der Waals surface area contributed by atoms with Gasteiger partial charge < -0.3 is 11.1 Å². The van der Waals surface area contributed by atoms with Gasteiger partial charge in [0.05, 0.1) is 23.4 Å². The van der Waals surface area contributed by atoms with Gasteiger partial charge in [0.25, 0.3) is 5.91 Å². The molecule has 4 aromatic rings. The van der Waals surface area contributed by atoms with E-state index in [1.807, 2.05) is 47.2 Å². The Kier molecular flexibility index (Phi) is 4.67. The molecule has 7 heteroatoms. The van der Waals surface area contributed by atoms with Gasteiger partial charge in [-0.2, -0.15) is 0 Å². The minimum Gasteiger partial charge on any atom is -0.366 e. The number of anilines is 1. The molecule has 2 aromatic heterocycles. The summed E-state index contributed by atoms with van der Waals surface area (Å²) in [5.41, 5.74) is 10.00. The van der Waals surface area contributed by atoms with Gasteiger partial charge in [-0.05, 0) is 19.1 Å². The summed E-state index contributed by atoms with van der Waals surface area (Å²) in [5.74, 6) is -0.801. The Labute approximate surface area is 165 Å². The molecule has 0 atom stereocenters. The molecule has 2 aromatic carbocycles. The molecule has 140 valence electrons. The van der Waals surface area contributed by atoms with Crippen LogP contribution in [0, 0.1) is 6.92 Å². The molecule has 0 saturated heterocycles. The highest BCUT2D eigenvalue weighted by Crippen LogP contribution is 2.24. The number of carbonyl (C=O) groups excluding carboxylic acids is 2. The summed E-state index contributed by atoms with van der Waals surface area (Å²) in [6, 6.07) is 14.9. The number of benzene rings is 2. The van der Waals surface area contributed by atoms with Crippen molar-refractivity contribution in [1.29, 1.82) is 0 Å². The number of nitrogens with one attached hydrogen (secondary N) is 1. The number of primary amides is 1. The van der Waals surface area contributed by atoms with E-state index in [9.17, 15) is 9.59 Å². The SMILES string of the molecule is Cc1ccc(-c2cn3c(CC(=O)Nc4ccccc4C(N)=O)csc3n2)cc1. The second kappa shape index (κ2) is 7.28. The Morgan fingerprint density at radius 1 is 1.14 bits per heavy atom. The molecular weight excluding hydrogens is 372 g/mol. The van der Waals surface area contributed by atoms with Crippen LogP contribution in [0.4, 0.5) is 5.69 Å². The van der Waals surface area contributed by atoms with Crippen LogP contribution in [-0.4, -0.2) is 21.2 Å². The normalized spacial score (nSPS) is 10.9. The lowest BCUT2D eigenvalue weighted by Gasteiger charge is -2.08. The van der Waals surface area contributed by atoms with Crippen molar-refractivity contribution in [2.24, 2.45) is 5.73 Å². The van der Waals surface area contributed by atoms with E-state index in [4.69, 9.17) is 5.73 Å². The van der Waals surface area contributed by atoms with Gasteiger partial charge in [0.1, 0.15) is 0 Å². The van der Waals surface area contributed by atoms with Gasteiger partial charge in [-0.25, -0.2) is 4.98 Å². The maximum atomic E-state index is 12.5. The van der Waals surface area contributed by atoms with Gasteiger partial charge in [0, 0.05) is 22.8 Å². The molecule has 0 saturated carbocycles. The van der Waals surface area contributed by atoms with Gasteiger partial charge >= 0.3 is 0 Å². The number of amides is 2. The van der Waals surface area contributed by atoms with Gasteiger partial charge in [-0.15, -0.1) is 11.3 Å². The number of aromatic nitrogens is 2. The highest BCUT2D eigenvalue weighted by molar-refractivity contribution is 7.15. The van der Waals surface area contributed by atoms with Crippen molar-refractivity contribution in [3.8, 4) is 11.3 Å². The van der Waals surface area contributed by atoms with Crippen LogP contribution in [0.3, 0.4) is 0 Å². The smallest absolute Gasteiger partial charge is 0.250 e. The zero-order valence-electron chi connectivity index (χ0n) is 15.2. The molecule has 0 bridgehead atoms. The van der Waals surface area contributed by atoms with Crippen LogP contribution in [-0.2, 0) is 11.2 Å². The predicted molar refractivity (Wildman–Crippen MR) is 111 cm³/mol. The number of imidazole rings is 1. The lowest BCUT2D eigenvalue weighted by Crippen LogP contribution is -2.19. The fraction of sp³-hybridized carbons (Fsp3) is 0.0952. The Balaban J connectivity index is 1.56. The molecule has 4 rings (SSSR count). The highest BCUT2D eigenvalue weighted by Gasteiger charge is 2.15. The largest absolute Gasteiger partial charge is 0.366 e. The van der Waals surface area contributed by atoms with Crippen molar-refractivity contribution < 1.29 is 9.59 Å². The third-order valence-electron chi connectivity index (χ3n) is 4.44. The zero-order chi connectivity index (χ0) is 19.7. The number of nitrogens with two attached hydrogens (primary N) is 1. The first kappa shape index (κ1) is 17.9. The number of aryl methyl sites for hydroxylation is 1. The van der Waals surface area contributed by atoms with Crippen LogP contribution < -0.4 is 11.1 Å². The van der Waals surface area contributed by atoms with Crippen LogP contribution >= 0.6 is 11.3 Å². The maximum Gasteiger partial charge on any atom is 0.250 e. The minimum absolute atomic E-state index is 0.163. The van der Waals surface area contributed by atoms with E-state index >= 15 is 0 Å². The molecule has 0 aliphatic heterocycles. The minimum atomic E-state index is -0.578. The standard InChI is InChI=1S/C21H18N4O2S/c1-13-6-8-14(9-7-13)18-11-25-15(12-28-21(25)24-18)10-19(26)23-17-5-3-2-4-16(17)20(22)27/h2-9,11-12H,10H2,1H3,(H2,22,27)(H,23,26). The molecule has 0 fully saturated rings. The summed E-state index contributed by atoms with van der Waals surface area (Å²) in [4.78, 5) is 29.5. The number of para-hydroxylation sites is 1. The molecule has 0 radical (unpaired) electrons. The molecule has 2 amide bonds. The second-order valence-corrected chi connectivity index (χ2v) is 7.34. The Morgan fingerprint density at radius 2 is 1.89 bits per heavy atom. The van der Waals surface area contributed by atoms with Crippen molar-refractivity contribution >= 4 is 33.8 Å². The van der Waals surface area contributed by atoms with Crippen LogP contribution in [0.1, 0.15) is 21.6 Å². The number of thiazole rings is 1. The lowest BCUT2D eigenvalue weighted by molar-refractivity contribution is -0.115. The van der Waals surface area contributed by atoms with Crippen molar-refractivity contribution in [3.05, 3.63) is 76.9 Å². The first-order chi connectivity index (χ1) is 13.5. The Morgan fingerprint density at radius 3 is 2.64 bits per heavy atom. The van der Waals surface area contributed by atoms with Gasteiger partial charge in [0.15, 0.2) is 4.96 Å². The molecule has 0 aliphatic rings. The topological polar surface area (TPSA) is 89.5 Å². The van der Waals surface area contributed by atoms with Crippen LogP contribution in [0.25, 0.3) is 16.2 Å². The fourth-order valence-electron chi connectivity index (χ4n) is 2.99. The number of rotatable bonds is 5. The predicted octanol–water partition coefficient (Wildman–Crippen LogP) is 3.65. The van der Waals surface area contributed by atoms with Crippen molar-refractivity contribution in [2.45, 2.75) is 13.3 Å². The first-order valence-electron chi connectivity index (χ1n) is 8.72. The zero-order valence-corrected chi connectivity index (χ0v) is 16.0. The number of nitrogens with zero attached hydrogens (tertiary/aromatic N) is 2. The number of hydrogen-bond donors (Lipinski definition) is 2. The Hall–Kier alpha value is -3.45. The summed E-state index contributed by atoms with van der Waals surface area (Å²) >= 11 is 1.49. The summed E-state index contributed by atoms with van der Waals surface area (Å²) in [6.07, 6.45) is 2.10. The monoisotopic (exact) mass is 390 g/mol. The molecular formula is C21H18N4O2S. The second-order valence-electron chi connectivity index (χ2n) is 6.51. The molecule has 0 aliphatic carbocycles. The van der Waals surface area contributed by atoms with Crippen molar-refractivity contribution in [2.75, 3.05) is 5.32 Å². The summed E-state index contributed by atoms with van der Waals surface area (Å²) < 4.78 is 1.93. The lowest BCUT2D eigenvalue weighted by atomic mass is 10.1. The van der Waals surface area contributed by atoms with Gasteiger partial charge in [-0.1, -0.05) is 42.0 Å². The van der Waals surface area contributed by atoms with Crippen LogP contribution in [0.2, 0.25) is 0 Å². The van der Waals surface area contributed by atoms with E-state index in [2.05, 4.69) is 10.3 Å². The molecule has 2 heterocycles. The summed E-state index contributed by atoms with van der Waals surface area (Å²) in [6.45, 7) is 2.04. The third kappa shape index (κ3) is 3.52. The maximum absolute atomic E-state index is 12.5. The van der Waals surface area contributed by atoms with E-state index < -0.39 is 5.91 Å². The molecule has 28 heavy (non-hydrogen) atoms. The fourth-order valence-corrected chi connectivity index (χ4v) is 3.86. The average Bonchev–Trinajstić information content (AvgIpc) is 3.24. The Bertz CT molecular complexity index is 1170. The highest BCUT2D eigenvalue weighted by atomic mass is 32.1. The van der Waals surface area contributed by atoms with Crippen molar-refractivity contribution in [1.82, 2.24) is 9.38 Å². The number of carbonyl (C=O) groups is 2. The molecule has 3 N–H and O–H groups in total. The van der Waals surface area contributed by atoms with E-state index in [0.29, 0.717) is 5.69 Å². The van der Waals surface area contributed by atoms with Gasteiger partial charge in [-0.3, -0.25) is 14.0 Å². The molecule has 0 unspecified atom stereocenters. The van der Waals surface area contributed by atoms with Crippen molar-refractivity contribution in [3.63, 3.8) is 0 Å². The van der Waals surface area contributed by atoms with E-state index in [1.54, 1.807) is 24.3 Å². The van der Waals surface area contributed by atoms with Crippen LogP contribution in [0.15, 0.2) is 60.1 Å². The quantitative estimate of drug-likeness (QED) is 0.545. The summed E-state index contributed by atoms with van der Waals surface area (Å²) in [7, 11) is 0. The summed E-state index contributed by atoms with van der Waals surface area (Å²) in [5, 5.41) is 4.69. The average molecular weight is 390 g/mol. The molecule has 6 nitrogen and oxygen atoms in total.